The molecular weight excluding hydrogens is 269 g/mol. The molecule has 0 radical (unpaired) electrons. The lowest BCUT2D eigenvalue weighted by atomic mass is 9.98. The van der Waals surface area contributed by atoms with E-state index in [2.05, 4.69) is 36.2 Å². The molecule has 0 saturated heterocycles. The van der Waals surface area contributed by atoms with Crippen LogP contribution in [0.15, 0.2) is 22.7 Å². The van der Waals surface area contributed by atoms with E-state index in [1.54, 1.807) is 13.0 Å². The molecule has 4 nitrogen and oxygen atoms in total. The molecule has 2 rings (SSSR count). The van der Waals surface area contributed by atoms with Crippen LogP contribution in [-0.4, -0.2) is 22.7 Å². The second-order valence-corrected chi connectivity index (χ2v) is 5.28. The number of rotatable bonds is 6. The van der Waals surface area contributed by atoms with Crippen molar-refractivity contribution >= 4 is 0 Å². The zero-order valence-electron chi connectivity index (χ0n) is 13.0. The molecule has 5 heteroatoms. The maximum atomic E-state index is 13.6. The van der Waals surface area contributed by atoms with E-state index in [1.165, 1.54) is 6.07 Å². The summed E-state index contributed by atoms with van der Waals surface area (Å²) in [7, 11) is 0. The van der Waals surface area contributed by atoms with Gasteiger partial charge in [0, 0.05) is 11.6 Å². The van der Waals surface area contributed by atoms with Gasteiger partial charge in [0.15, 0.2) is 0 Å². The molecule has 0 saturated carbocycles. The van der Waals surface area contributed by atoms with E-state index in [0.717, 1.165) is 13.0 Å². The number of benzene rings is 1. The molecule has 0 fully saturated rings. The molecule has 21 heavy (non-hydrogen) atoms. The fraction of sp³-hybridized carbons (Fsp3) is 0.500. The zero-order chi connectivity index (χ0) is 15.4. The minimum atomic E-state index is -0.257. The Hall–Kier alpha value is -1.75. The molecule has 1 heterocycles. The van der Waals surface area contributed by atoms with Gasteiger partial charge in [-0.25, -0.2) is 4.39 Å². The lowest BCUT2D eigenvalue weighted by Gasteiger charge is -2.19. The van der Waals surface area contributed by atoms with Gasteiger partial charge in [0.25, 0.3) is 0 Å². The average Bonchev–Trinajstić information content (AvgIpc) is 2.92. The standard InChI is InChI=1S/C16H22FN3O/c1-5-13(11(4)18-6-2)16-19-15(20-21-16)12-8-7-10(3)14(17)9-12/h7-9,11,13,18H,5-6H2,1-4H3. The number of nitrogens with zero attached hydrogens (tertiary/aromatic N) is 2. The average molecular weight is 291 g/mol. The summed E-state index contributed by atoms with van der Waals surface area (Å²) in [5.41, 5.74) is 1.24. The Balaban J connectivity index is 2.25. The molecule has 114 valence electrons. The van der Waals surface area contributed by atoms with Crippen LogP contribution >= 0.6 is 0 Å². The minimum Gasteiger partial charge on any atom is -0.339 e. The Morgan fingerprint density at radius 1 is 1.33 bits per heavy atom. The second kappa shape index (κ2) is 6.80. The molecule has 1 aromatic carbocycles. The van der Waals surface area contributed by atoms with Gasteiger partial charge in [-0.05, 0) is 38.4 Å². The van der Waals surface area contributed by atoms with Crippen molar-refractivity contribution in [2.75, 3.05) is 6.54 Å². The summed E-state index contributed by atoms with van der Waals surface area (Å²) in [6.45, 7) is 8.88. The summed E-state index contributed by atoms with van der Waals surface area (Å²) in [6.07, 6.45) is 0.901. The van der Waals surface area contributed by atoms with E-state index in [-0.39, 0.29) is 17.8 Å². The summed E-state index contributed by atoms with van der Waals surface area (Å²) in [5, 5.41) is 7.36. The van der Waals surface area contributed by atoms with Gasteiger partial charge in [-0.2, -0.15) is 4.98 Å². The Kier molecular flexibility index (Phi) is 5.07. The van der Waals surface area contributed by atoms with E-state index < -0.39 is 0 Å². The van der Waals surface area contributed by atoms with Crippen molar-refractivity contribution in [2.24, 2.45) is 0 Å². The Labute approximate surface area is 124 Å². The van der Waals surface area contributed by atoms with Crippen LogP contribution in [0.4, 0.5) is 4.39 Å². The van der Waals surface area contributed by atoms with Crippen molar-refractivity contribution in [1.29, 1.82) is 0 Å². The van der Waals surface area contributed by atoms with Gasteiger partial charge in [0.05, 0.1) is 5.92 Å². The first kappa shape index (κ1) is 15.6. The lowest BCUT2D eigenvalue weighted by molar-refractivity contribution is 0.318. The molecule has 0 aliphatic rings. The third-order valence-corrected chi connectivity index (χ3v) is 3.76. The van der Waals surface area contributed by atoms with Crippen molar-refractivity contribution in [3.8, 4) is 11.4 Å². The summed E-state index contributed by atoms with van der Waals surface area (Å²) >= 11 is 0. The third-order valence-electron chi connectivity index (χ3n) is 3.76. The number of nitrogens with one attached hydrogen (secondary N) is 1. The van der Waals surface area contributed by atoms with Crippen molar-refractivity contribution < 1.29 is 8.91 Å². The van der Waals surface area contributed by atoms with Crippen LogP contribution in [0.3, 0.4) is 0 Å². The summed E-state index contributed by atoms with van der Waals surface area (Å²) < 4.78 is 19.0. The Bertz CT molecular complexity index is 597. The topological polar surface area (TPSA) is 51.0 Å². The fourth-order valence-electron chi connectivity index (χ4n) is 2.44. The first-order valence-electron chi connectivity index (χ1n) is 7.40. The Morgan fingerprint density at radius 3 is 2.71 bits per heavy atom. The van der Waals surface area contributed by atoms with Gasteiger partial charge >= 0.3 is 0 Å². The maximum Gasteiger partial charge on any atom is 0.231 e. The smallest absolute Gasteiger partial charge is 0.231 e. The Morgan fingerprint density at radius 2 is 2.10 bits per heavy atom. The van der Waals surface area contributed by atoms with E-state index in [1.807, 2.05) is 6.07 Å². The van der Waals surface area contributed by atoms with Crippen LogP contribution in [0.25, 0.3) is 11.4 Å². The quantitative estimate of drug-likeness (QED) is 0.882. The van der Waals surface area contributed by atoms with Crippen LogP contribution < -0.4 is 5.32 Å². The number of likely N-dealkylation sites (N-methyl/N-ethyl adjacent to an activating group) is 1. The van der Waals surface area contributed by atoms with Crippen molar-refractivity contribution in [2.45, 2.75) is 46.1 Å². The number of hydrogen-bond donors (Lipinski definition) is 1. The van der Waals surface area contributed by atoms with Crippen LogP contribution in [0.2, 0.25) is 0 Å². The van der Waals surface area contributed by atoms with Gasteiger partial charge < -0.3 is 9.84 Å². The predicted molar refractivity (Wildman–Crippen MR) is 80.6 cm³/mol. The highest BCUT2D eigenvalue weighted by atomic mass is 19.1. The normalized spacial score (nSPS) is 14.1. The fourth-order valence-corrected chi connectivity index (χ4v) is 2.44. The van der Waals surface area contributed by atoms with Gasteiger partial charge in [-0.15, -0.1) is 0 Å². The molecule has 0 amide bonds. The number of aryl methyl sites for hydroxylation is 1. The molecule has 1 N–H and O–H groups in total. The van der Waals surface area contributed by atoms with E-state index in [9.17, 15) is 4.39 Å². The highest BCUT2D eigenvalue weighted by molar-refractivity contribution is 5.55. The van der Waals surface area contributed by atoms with E-state index >= 15 is 0 Å². The summed E-state index contributed by atoms with van der Waals surface area (Å²) in [5.74, 6) is 0.932. The molecule has 2 atom stereocenters. The molecule has 0 spiro atoms. The summed E-state index contributed by atoms with van der Waals surface area (Å²) in [4.78, 5) is 4.44. The van der Waals surface area contributed by atoms with Gasteiger partial charge in [-0.1, -0.05) is 31.1 Å². The molecule has 1 aromatic heterocycles. The van der Waals surface area contributed by atoms with Crippen LogP contribution in [0, 0.1) is 12.7 Å². The second-order valence-electron chi connectivity index (χ2n) is 5.28. The highest BCUT2D eigenvalue weighted by Crippen LogP contribution is 2.25. The number of halogens is 1. The number of hydrogen-bond acceptors (Lipinski definition) is 4. The van der Waals surface area contributed by atoms with Gasteiger partial charge in [-0.3, -0.25) is 0 Å². The van der Waals surface area contributed by atoms with Crippen LogP contribution in [0.5, 0.6) is 0 Å². The first-order chi connectivity index (χ1) is 10.1. The van der Waals surface area contributed by atoms with Crippen molar-refractivity contribution in [3.05, 3.63) is 35.5 Å². The number of aromatic nitrogens is 2. The largest absolute Gasteiger partial charge is 0.339 e. The highest BCUT2D eigenvalue weighted by Gasteiger charge is 2.23. The SMILES string of the molecule is CCNC(C)C(CC)c1nc(-c2ccc(C)c(F)c2)no1. The van der Waals surface area contributed by atoms with E-state index in [4.69, 9.17) is 4.52 Å². The molecule has 0 aliphatic heterocycles. The molecular formula is C16H22FN3O. The van der Waals surface area contributed by atoms with Crippen LogP contribution in [-0.2, 0) is 0 Å². The third kappa shape index (κ3) is 3.47. The molecule has 2 unspecified atom stereocenters. The zero-order valence-corrected chi connectivity index (χ0v) is 13.0. The van der Waals surface area contributed by atoms with Crippen molar-refractivity contribution in [3.63, 3.8) is 0 Å². The van der Waals surface area contributed by atoms with Crippen LogP contribution in [0.1, 0.15) is 44.6 Å². The summed E-state index contributed by atoms with van der Waals surface area (Å²) in [6, 6.07) is 5.22. The predicted octanol–water partition coefficient (Wildman–Crippen LogP) is 3.68. The molecule has 0 aliphatic carbocycles. The molecule has 2 aromatic rings. The van der Waals surface area contributed by atoms with Crippen molar-refractivity contribution in [1.82, 2.24) is 15.5 Å². The monoisotopic (exact) mass is 291 g/mol. The van der Waals surface area contributed by atoms with Gasteiger partial charge in [0.2, 0.25) is 11.7 Å². The minimum absolute atomic E-state index is 0.154. The van der Waals surface area contributed by atoms with Gasteiger partial charge in [0.1, 0.15) is 5.82 Å². The maximum absolute atomic E-state index is 13.6. The molecule has 0 bridgehead atoms. The van der Waals surface area contributed by atoms with E-state index in [0.29, 0.717) is 22.8 Å². The first-order valence-corrected chi connectivity index (χ1v) is 7.40. The lowest BCUT2D eigenvalue weighted by Crippen LogP contribution is -2.31.